The van der Waals surface area contributed by atoms with E-state index in [1.54, 1.807) is 12.1 Å². The van der Waals surface area contributed by atoms with Crippen molar-refractivity contribution in [3.05, 3.63) is 59.7 Å². The second-order valence-corrected chi connectivity index (χ2v) is 5.67. The third-order valence-electron chi connectivity index (χ3n) is 3.79. The first kappa shape index (κ1) is 22.6. The number of hydrogen-bond acceptors (Lipinski definition) is 5. The van der Waals surface area contributed by atoms with Crippen molar-refractivity contribution in [2.75, 3.05) is 26.3 Å². The van der Waals surface area contributed by atoms with Gasteiger partial charge in [-0.15, -0.1) is 24.8 Å². The molecule has 6 nitrogen and oxygen atoms in total. The summed E-state index contributed by atoms with van der Waals surface area (Å²) in [6.07, 6.45) is 0.782. The average Bonchev–Trinajstić information content (AvgIpc) is 3.17. The molecule has 2 aromatic rings. The molecule has 1 aliphatic rings. The van der Waals surface area contributed by atoms with Gasteiger partial charge < -0.3 is 20.5 Å². The van der Waals surface area contributed by atoms with Gasteiger partial charge in [0.2, 0.25) is 0 Å². The molecule has 0 fully saturated rings. The number of nitrogen functional groups attached to an aromatic ring is 1. The lowest BCUT2D eigenvalue weighted by Crippen LogP contribution is -2.19. The Kier molecular flexibility index (Phi) is 9.47. The van der Waals surface area contributed by atoms with Gasteiger partial charge in [0.15, 0.2) is 0 Å². The summed E-state index contributed by atoms with van der Waals surface area (Å²) in [5.41, 5.74) is 7.20. The van der Waals surface area contributed by atoms with Crippen LogP contribution in [0.5, 0.6) is 11.5 Å². The molecule has 0 unspecified atom stereocenters. The van der Waals surface area contributed by atoms with E-state index in [0.29, 0.717) is 18.8 Å². The fourth-order valence-corrected chi connectivity index (χ4v) is 2.47. The predicted molar refractivity (Wildman–Crippen MR) is 113 cm³/mol. The quantitative estimate of drug-likeness (QED) is 0.354. The van der Waals surface area contributed by atoms with E-state index in [1.165, 1.54) is 0 Å². The number of nitrogens with two attached hydrogens (primary N) is 1. The van der Waals surface area contributed by atoms with Crippen LogP contribution >= 0.6 is 24.8 Å². The van der Waals surface area contributed by atoms with Crippen LogP contribution in [-0.4, -0.2) is 38.0 Å². The van der Waals surface area contributed by atoms with Crippen LogP contribution in [0.15, 0.2) is 53.5 Å². The number of amidine groups is 2. The number of benzene rings is 2. The third kappa shape index (κ3) is 6.66. The van der Waals surface area contributed by atoms with Crippen molar-refractivity contribution in [3.63, 3.8) is 0 Å². The monoisotopic (exact) mass is 410 g/mol. The molecule has 0 radical (unpaired) electrons. The molecular formula is C19H24Cl2N4O2. The Bertz CT molecular complexity index is 749. The molecular weight excluding hydrogens is 387 g/mol. The molecule has 0 saturated heterocycles. The van der Waals surface area contributed by atoms with E-state index in [9.17, 15) is 0 Å². The molecule has 27 heavy (non-hydrogen) atoms. The molecule has 0 aliphatic carbocycles. The second-order valence-electron chi connectivity index (χ2n) is 5.67. The molecule has 4 N–H and O–H groups in total. The standard InChI is InChI=1S/C19H22N4O2.2ClH/c20-18(21)14-2-6-16(7-3-14)24-12-1-13-25-17-8-4-15(5-9-17)19-22-10-11-23-19;;/h2-9H,1,10-13H2,(H3,20,21)(H,22,23);2*1H. The predicted octanol–water partition coefficient (Wildman–Crippen LogP) is 3.01. The van der Waals surface area contributed by atoms with E-state index in [4.69, 9.17) is 20.6 Å². The number of ether oxygens (including phenoxy) is 2. The Morgan fingerprint density at radius 3 is 2.00 bits per heavy atom. The highest BCUT2D eigenvalue weighted by atomic mass is 35.5. The third-order valence-corrected chi connectivity index (χ3v) is 3.79. The highest BCUT2D eigenvalue weighted by Crippen LogP contribution is 2.14. The maximum Gasteiger partial charge on any atom is 0.128 e. The number of rotatable bonds is 8. The minimum absolute atomic E-state index is 0. The summed E-state index contributed by atoms with van der Waals surface area (Å²) in [7, 11) is 0. The van der Waals surface area contributed by atoms with Crippen LogP contribution in [0.4, 0.5) is 0 Å². The SMILES string of the molecule is Cl.Cl.N=C(N)c1ccc(OCCCOc2ccc(C3=NCCN3)cc2)cc1. The maximum absolute atomic E-state index is 7.35. The highest BCUT2D eigenvalue weighted by molar-refractivity contribution is 5.99. The lowest BCUT2D eigenvalue weighted by atomic mass is 10.2. The smallest absolute Gasteiger partial charge is 0.128 e. The van der Waals surface area contributed by atoms with Crippen molar-refractivity contribution in [1.29, 1.82) is 5.41 Å². The van der Waals surface area contributed by atoms with Gasteiger partial charge in [-0.2, -0.15) is 0 Å². The molecule has 3 rings (SSSR count). The van der Waals surface area contributed by atoms with Crippen molar-refractivity contribution in [2.24, 2.45) is 10.7 Å². The second kappa shape index (κ2) is 11.3. The van der Waals surface area contributed by atoms with E-state index in [1.807, 2.05) is 36.4 Å². The minimum atomic E-state index is 0. The van der Waals surface area contributed by atoms with Gasteiger partial charge in [0.05, 0.1) is 19.8 Å². The molecule has 0 amide bonds. The highest BCUT2D eigenvalue weighted by Gasteiger charge is 2.07. The zero-order valence-electron chi connectivity index (χ0n) is 14.8. The number of nitrogens with one attached hydrogen (secondary N) is 2. The average molecular weight is 411 g/mol. The Hall–Kier alpha value is -2.44. The summed E-state index contributed by atoms with van der Waals surface area (Å²) in [4.78, 5) is 4.40. The van der Waals surface area contributed by atoms with Gasteiger partial charge in [-0.3, -0.25) is 10.4 Å². The van der Waals surface area contributed by atoms with Gasteiger partial charge in [-0.1, -0.05) is 0 Å². The van der Waals surface area contributed by atoms with E-state index >= 15 is 0 Å². The molecule has 146 valence electrons. The van der Waals surface area contributed by atoms with Crippen molar-refractivity contribution < 1.29 is 9.47 Å². The first-order valence-electron chi connectivity index (χ1n) is 8.31. The molecule has 0 saturated carbocycles. The molecule has 1 heterocycles. The lowest BCUT2D eigenvalue weighted by molar-refractivity contribution is 0.247. The Morgan fingerprint density at radius 2 is 1.52 bits per heavy atom. The number of halogens is 2. The van der Waals surface area contributed by atoms with Gasteiger partial charge in [-0.05, 0) is 48.5 Å². The van der Waals surface area contributed by atoms with Gasteiger partial charge in [0, 0.05) is 24.1 Å². The normalized spacial score (nSPS) is 12.1. The van der Waals surface area contributed by atoms with Crippen molar-refractivity contribution in [2.45, 2.75) is 6.42 Å². The maximum atomic E-state index is 7.35. The molecule has 0 aromatic heterocycles. The van der Waals surface area contributed by atoms with Gasteiger partial charge >= 0.3 is 0 Å². The Morgan fingerprint density at radius 1 is 0.963 bits per heavy atom. The van der Waals surface area contributed by atoms with Gasteiger partial charge in [-0.25, -0.2) is 0 Å². The molecule has 8 heteroatoms. The molecule has 0 atom stereocenters. The van der Waals surface area contributed by atoms with E-state index in [0.717, 1.165) is 42.4 Å². The largest absolute Gasteiger partial charge is 0.493 e. The zero-order valence-corrected chi connectivity index (χ0v) is 16.4. The number of aliphatic imine (C=N–C) groups is 1. The summed E-state index contributed by atoms with van der Waals surface area (Å²) < 4.78 is 11.4. The number of hydrogen-bond donors (Lipinski definition) is 3. The summed E-state index contributed by atoms with van der Waals surface area (Å²) in [5, 5.41) is 10.6. The molecule has 2 aromatic carbocycles. The first-order chi connectivity index (χ1) is 12.2. The van der Waals surface area contributed by atoms with E-state index < -0.39 is 0 Å². The van der Waals surface area contributed by atoms with Crippen LogP contribution in [0.3, 0.4) is 0 Å². The summed E-state index contributed by atoms with van der Waals surface area (Å²) in [6.45, 7) is 2.90. The molecule has 0 spiro atoms. The summed E-state index contributed by atoms with van der Waals surface area (Å²) in [5.74, 6) is 2.62. The Labute approximate surface area is 171 Å². The number of nitrogens with zero attached hydrogens (tertiary/aromatic N) is 1. The van der Waals surface area contributed by atoms with Crippen LogP contribution in [0.25, 0.3) is 0 Å². The van der Waals surface area contributed by atoms with Crippen molar-refractivity contribution in [1.82, 2.24) is 5.32 Å². The fraction of sp³-hybridized carbons (Fsp3) is 0.263. The van der Waals surface area contributed by atoms with Crippen LogP contribution in [0.2, 0.25) is 0 Å². The fourth-order valence-electron chi connectivity index (χ4n) is 2.47. The van der Waals surface area contributed by atoms with E-state index in [2.05, 4.69) is 10.3 Å². The zero-order chi connectivity index (χ0) is 17.5. The minimum Gasteiger partial charge on any atom is -0.493 e. The topological polar surface area (TPSA) is 92.7 Å². The van der Waals surface area contributed by atoms with Crippen LogP contribution in [-0.2, 0) is 0 Å². The van der Waals surface area contributed by atoms with Crippen LogP contribution in [0.1, 0.15) is 17.5 Å². The first-order valence-corrected chi connectivity index (χ1v) is 8.31. The summed E-state index contributed by atoms with van der Waals surface area (Å²) >= 11 is 0. The lowest BCUT2D eigenvalue weighted by Gasteiger charge is -2.09. The molecule has 1 aliphatic heterocycles. The van der Waals surface area contributed by atoms with Crippen LogP contribution in [0, 0.1) is 5.41 Å². The summed E-state index contributed by atoms with van der Waals surface area (Å²) in [6, 6.07) is 15.1. The Balaban J connectivity index is 0.00000182. The van der Waals surface area contributed by atoms with Crippen molar-refractivity contribution >= 4 is 36.5 Å². The van der Waals surface area contributed by atoms with Gasteiger partial charge in [0.1, 0.15) is 23.2 Å². The van der Waals surface area contributed by atoms with Crippen LogP contribution < -0.4 is 20.5 Å². The van der Waals surface area contributed by atoms with E-state index in [-0.39, 0.29) is 30.6 Å². The molecule has 0 bridgehead atoms. The van der Waals surface area contributed by atoms with Gasteiger partial charge in [0.25, 0.3) is 0 Å². The van der Waals surface area contributed by atoms with Crippen molar-refractivity contribution in [3.8, 4) is 11.5 Å².